The highest BCUT2D eigenvalue weighted by molar-refractivity contribution is 5.90. The van der Waals surface area contributed by atoms with Gasteiger partial charge in [0.2, 0.25) is 0 Å². The summed E-state index contributed by atoms with van der Waals surface area (Å²) in [6, 6.07) is 15.1. The Balaban J connectivity index is 1.69. The first-order chi connectivity index (χ1) is 14.8. The van der Waals surface area contributed by atoms with Crippen LogP contribution in [-0.2, 0) is 4.74 Å². The van der Waals surface area contributed by atoms with Crippen molar-refractivity contribution in [3.05, 3.63) is 66.0 Å². The lowest BCUT2D eigenvalue weighted by molar-refractivity contribution is 0.0459. The summed E-state index contributed by atoms with van der Waals surface area (Å²) in [7, 11) is 0. The summed E-state index contributed by atoms with van der Waals surface area (Å²) in [5, 5.41) is 6.40. The van der Waals surface area contributed by atoms with Gasteiger partial charge >= 0.3 is 5.97 Å². The van der Waals surface area contributed by atoms with Gasteiger partial charge in [-0.2, -0.15) is 0 Å². The van der Waals surface area contributed by atoms with Crippen molar-refractivity contribution in [3.63, 3.8) is 0 Å². The molecule has 3 rings (SSSR count). The Morgan fingerprint density at radius 3 is 1.90 bits per heavy atom. The van der Waals surface area contributed by atoms with Crippen LogP contribution in [0.4, 0.5) is 28.7 Å². The number of nitrogen functional groups attached to an aromatic ring is 1. The van der Waals surface area contributed by atoms with Gasteiger partial charge in [0.05, 0.1) is 12.2 Å². The van der Waals surface area contributed by atoms with Crippen LogP contribution in [0.15, 0.2) is 54.9 Å². The molecule has 2 aromatic carbocycles. The van der Waals surface area contributed by atoms with Crippen LogP contribution in [0.5, 0.6) is 0 Å². The fourth-order valence-electron chi connectivity index (χ4n) is 2.83. The Hall–Kier alpha value is -3.61. The number of esters is 1. The first-order valence-electron chi connectivity index (χ1n) is 10.3. The van der Waals surface area contributed by atoms with Crippen LogP contribution in [0.25, 0.3) is 0 Å². The summed E-state index contributed by atoms with van der Waals surface area (Å²) in [5.41, 5.74) is 10.1. The second-order valence-electron chi connectivity index (χ2n) is 8.08. The van der Waals surface area contributed by atoms with Crippen LogP contribution < -0.4 is 16.4 Å². The lowest BCUT2D eigenvalue weighted by atomic mass is 10.0. The Morgan fingerprint density at radius 2 is 1.42 bits per heavy atom. The SMILES string of the molecule is CC(C)COC(=O)c1ccc(Nc2ncnc(Nc3ccc(C(C)C)cc3)c2N)cc1. The maximum absolute atomic E-state index is 12.1. The van der Waals surface area contributed by atoms with E-state index in [4.69, 9.17) is 10.5 Å². The van der Waals surface area contributed by atoms with E-state index in [1.54, 1.807) is 24.3 Å². The maximum Gasteiger partial charge on any atom is 0.338 e. The molecule has 0 aliphatic heterocycles. The normalized spacial score (nSPS) is 10.9. The number of carbonyl (C=O) groups is 1. The van der Waals surface area contributed by atoms with Crippen molar-refractivity contribution in [2.24, 2.45) is 5.92 Å². The van der Waals surface area contributed by atoms with E-state index < -0.39 is 0 Å². The minimum absolute atomic E-state index is 0.293. The third-order valence-electron chi connectivity index (χ3n) is 4.66. The van der Waals surface area contributed by atoms with Crippen LogP contribution in [-0.4, -0.2) is 22.5 Å². The number of ether oxygens (including phenoxy) is 1. The molecule has 162 valence electrons. The molecule has 7 nitrogen and oxygen atoms in total. The molecule has 1 aromatic heterocycles. The third-order valence-corrected chi connectivity index (χ3v) is 4.66. The van der Waals surface area contributed by atoms with Gasteiger partial charge in [0.1, 0.15) is 12.0 Å². The number of nitrogens with two attached hydrogens (primary N) is 1. The second kappa shape index (κ2) is 9.93. The number of aromatic nitrogens is 2. The highest BCUT2D eigenvalue weighted by Crippen LogP contribution is 2.28. The van der Waals surface area contributed by atoms with Crippen molar-refractivity contribution in [2.45, 2.75) is 33.6 Å². The predicted molar refractivity (Wildman–Crippen MR) is 125 cm³/mol. The maximum atomic E-state index is 12.1. The van der Waals surface area contributed by atoms with E-state index in [0.29, 0.717) is 41.3 Å². The van der Waals surface area contributed by atoms with Crippen LogP contribution in [0, 0.1) is 5.92 Å². The van der Waals surface area contributed by atoms with Gasteiger partial charge in [-0.15, -0.1) is 0 Å². The van der Waals surface area contributed by atoms with Crippen molar-refractivity contribution in [3.8, 4) is 0 Å². The molecule has 31 heavy (non-hydrogen) atoms. The van der Waals surface area contributed by atoms with Crippen LogP contribution in [0.1, 0.15) is 49.5 Å². The Morgan fingerprint density at radius 1 is 0.903 bits per heavy atom. The third kappa shape index (κ3) is 5.94. The molecule has 4 N–H and O–H groups in total. The summed E-state index contributed by atoms with van der Waals surface area (Å²) >= 11 is 0. The first-order valence-corrected chi connectivity index (χ1v) is 10.3. The Labute approximate surface area is 183 Å². The average Bonchev–Trinajstić information content (AvgIpc) is 2.75. The Bertz CT molecular complexity index is 1020. The van der Waals surface area contributed by atoms with E-state index >= 15 is 0 Å². The van der Waals surface area contributed by atoms with Gasteiger partial charge in [0.15, 0.2) is 11.6 Å². The zero-order valence-corrected chi connectivity index (χ0v) is 18.3. The zero-order chi connectivity index (χ0) is 22.4. The van der Waals surface area contributed by atoms with E-state index in [9.17, 15) is 4.79 Å². The monoisotopic (exact) mass is 419 g/mol. The van der Waals surface area contributed by atoms with Gasteiger partial charge in [-0.1, -0.05) is 39.8 Å². The molecule has 3 aromatic rings. The summed E-state index contributed by atoms with van der Waals surface area (Å²) < 4.78 is 5.25. The van der Waals surface area contributed by atoms with Gasteiger partial charge in [-0.25, -0.2) is 14.8 Å². The summed E-state index contributed by atoms with van der Waals surface area (Å²) in [6.07, 6.45) is 1.45. The second-order valence-corrected chi connectivity index (χ2v) is 8.08. The molecule has 7 heteroatoms. The molecule has 0 saturated heterocycles. The molecule has 0 unspecified atom stereocenters. The molecule has 0 atom stereocenters. The molecule has 0 fully saturated rings. The van der Waals surface area contributed by atoms with E-state index in [0.717, 1.165) is 11.4 Å². The quantitative estimate of drug-likeness (QED) is 0.415. The number of hydrogen-bond acceptors (Lipinski definition) is 7. The fraction of sp³-hybridized carbons (Fsp3) is 0.292. The largest absolute Gasteiger partial charge is 0.462 e. The number of anilines is 5. The summed E-state index contributed by atoms with van der Waals surface area (Å²) in [5.74, 6) is 1.42. The number of nitrogens with one attached hydrogen (secondary N) is 2. The number of rotatable bonds is 8. The molecule has 0 aliphatic carbocycles. The summed E-state index contributed by atoms with van der Waals surface area (Å²) in [4.78, 5) is 20.6. The van der Waals surface area contributed by atoms with Gasteiger partial charge in [0, 0.05) is 11.4 Å². The molecule has 0 aliphatic rings. The number of hydrogen-bond donors (Lipinski definition) is 3. The first kappa shape index (κ1) is 22.1. The van der Waals surface area contributed by atoms with Crippen LogP contribution in [0.2, 0.25) is 0 Å². The van der Waals surface area contributed by atoms with Crippen LogP contribution >= 0.6 is 0 Å². The van der Waals surface area contributed by atoms with Crippen molar-refractivity contribution < 1.29 is 9.53 Å². The number of benzene rings is 2. The minimum atomic E-state index is -0.336. The van der Waals surface area contributed by atoms with E-state index in [2.05, 4.69) is 46.6 Å². The molecule has 0 amide bonds. The van der Waals surface area contributed by atoms with Crippen molar-refractivity contribution in [1.82, 2.24) is 9.97 Å². The van der Waals surface area contributed by atoms with Crippen LogP contribution in [0.3, 0.4) is 0 Å². The van der Waals surface area contributed by atoms with E-state index in [1.165, 1.54) is 11.9 Å². The standard InChI is InChI=1S/C24H29N5O2/c1-15(2)13-31-24(30)18-7-11-20(12-8-18)29-23-21(25)22(26-14-27-23)28-19-9-5-17(6-10-19)16(3)4/h5-12,14-16H,13,25H2,1-4H3,(H2,26,27,28,29). The lowest BCUT2D eigenvalue weighted by Gasteiger charge is -2.13. The van der Waals surface area contributed by atoms with Gasteiger partial charge < -0.3 is 21.1 Å². The number of carbonyl (C=O) groups excluding carboxylic acids is 1. The molecule has 0 saturated carbocycles. The molecule has 1 heterocycles. The molecule has 0 bridgehead atoms. The smallest absolute Gasteiger partial charge is 0.338 e. The summed E-state index contributed by atoms with van der Waals surface area (Å²) in [6.45, 7) is 8.70. The minimum Gasteiger partial charge on any atom is -0.462 e. The topological polar surface area (TPSA) is 102 Å². The molecular formula is C24H29N5O2. The van der Waals surface area contributed by atoms with Gasteiger partial charge in [0.25, 0.3) is 0 Å². The number of nitrogens with zero attached hydrogens (tertiary/aromatic N) is 2. The molecular weight excluding hydrogens is 390 g/mol. The van der Waals surface area contributed by atoms with Gasteiger partial charge in [-0.3, -0.25) is 0 Å². The van der Waals surface area contributed by atoms with Crippen molar-refractivity contribution in [2.75, 3.05) is 23.0 Å². The van der Waals surface area contributed by atoms with E-state index in [-0.39, 0.29) is 5.97 Å². The Kier molecular flexibility index (Phi) is 7.07. The zero-order valence-electron chi connectivity index (χ0n) is 18.3. The highest BCUT2D eigenvalue weighted by atomic mass is 16.5. The molecule has 0 spiro atoms. The van der Waals surface area contributed by atoms with Crippen molar-refractivity contribution >= 4 is 34.7 Å². The fourth-order valence-corrected chi connectivity index (χ4v) is 2.83. The molecule has 0 radical (unpaired) electrons. The van der Waals surface area contributed by atoms with E-state index in [1.807, 2.05) is 26.0 Å². The average molecular weight is 420 g/mol. The van der Waals surface area contributed by atoms with Gasteiger partial charge in [-0.05, 0) is 53.8 Å². The van der Waals surface area contributed by atoms with Crippen molar-refractivity contribution in [1.29, 1.82) is 0 Å². The lowest BCUT2D eigenvalue weighted by Crippen LogP contribution is -2.10. The highest BCUT2D eigenvalue weighted by Gasteiger charge is 2.11. The predicted octanol–water partition coefficient (Wildman–Crippen LogP) is 5.48.